The van der Waals surface area contributed by atoms with Gasteiger partial charge >= 0.3 is 0 Å². The van der Waals surface area contributed by atoms with Gasteiger partial charge in [0.1, 0.15) is 0 Å². The smallest absolute Gasteiger partial charge is 0.286 e. The molecule has 0 aromatic heterocycles. The van der Waals surface area contributed by atoms with Gasteiger partial charge in [-0.3, -0.25) is 4.79 Å². The summed E-state index contributed by atoms with van der Waals surface area (Å²) in [7, 11) is 3.46. The molecule has 4 heteroatoms. The maximum absolute atomic E-state index is 11.6. The largest absolute Gasteiger partial charge is 0.373 e. The molecular weight excluding hydrogens is 220 g/mol. The highest BCUT2D eigenvalue weighted by molar-refractivity contribution is 8.13. The van der Waals surface area contributed by atoms with Crippen molar-refractivity contribution < 1.29 is 4.79 Å². The number of thioether (sulfide) groups is 1. The average molecular weight is 234 g/mol. The van der Waals surface area contributed by atoms with Crippen LogP contribution in [0.4, 0.5) is 10.5 Å². The zero-order chi connectivity index (χ0) is 12.0. The molecule has 16 heavy (non-hydrogen) atoms. The zero-order valence-electron chi connectivity index (χ0n) is 9.36. The monoisotopic (exact) mass is 234 g/mol. The number of para-hydroxylation sites is 1. The standard InChI is InChI=1S/C12H14N2OS/c1-4-9-13-10-7-5-6-8-11(10)16-12(15)14(2)3/h1,5-8,13H,9H2,2-3H3. The molecule has 0 radical (unpaired) electrons. The van der Waals surface area contributed by atoms with Crippen molar-refractivity contribution in [2.24, 2.45) is 0 Å². The van der Waals surface area contributed by atoms with Crippen LogP contribution in [0.25, 0.3) is 0 Å². The van der Waals surface area contributed by atoms with Crippen molar-refractivity contribution in [1.82, 2.24) is 4.90 Å². The number of terminal acetylenes is 1. The van der Waals surface area contributed by atoms with E-state index in [9.17, 15) is 4.79 Å². The molecule has 0 aliphatic heterocycles. The lowest BCUT2D eigenvalue weighted by molar-refractivity contribution is 0.241. The summed E-state index contributed by atoms with van der Waals surface area (Å²) in [6, 6.07) is 7.60. The Morgan fingerprint density at radius 2 is 2.19 bits per heavy atom. The Morgan fingerprint density at radius 3 is 2.81 bits per heavy atom. The lowest BCUT2D eigenvalue weighted by Gasteiger charge is -2.12. The van der Waals surface area contributed by atoms with Crippen molar-refractivity contribution >= 4 is 22.7 Å². The molecule has 0 atom stereocenters. The summed E-state index contributed by atoms with van der Waals surface area (Å²) in [5.74, 6) is 2.50. The number of anilines is 1. The maximum atomic E-state index is 11.6. The van der Waals surface area contributed by atoms with Crippen LogP contribution in [0, 0.1) is 12.3 Å². The first kappa shape index (κ1) is 12.5. The summed E-state index contributed by atoms with van der Waals surface area (Å²) in [5.41, 5.74) is 0.889. The van der Waals surface area contributed by atoms with Crippen LogP contribution < -0.4 is 5.32 Å². The first-order valence-electron chi connectivity index (χ1n) is 4.80. The third-order valence-corrected chi connectivity index (χ3v) is 2.95. The third kappa shape index (κ3) is 3.52. The zero-order valence-corrected chi connectivity index (χ0v) is 10.2. The number of benzene rings is 1. The van der Waals surface area contributed by atoms with E-state index in [0.717, 1.165) is 10.6 Å². The normalized spacial score (nSPS) is 9.31. The molecule has 0 spiro atoms. The second kappa shape index (κ2) is 6.09. The fraction of sp³-hybridized carbons (Fsp3) is 0.250. The second-order valence-corrected chi connectivity index (χ2v) is 4.31. The molecule has 1 amide bonds. The molecule has 0 heterocycles. The van der Waals surface area contributed by atoms with Gasteiger partial charge < -0.3 is 10.2 Å². The van der Waals surface area contributed by atoms with Crippen LogP contribution in [0.5, 0.6) is 0 Å². The summed E-state index contributed by atoms with van der Waals surface area (Å²) in [6.45, 7) is 0.452. The van der Waals surface area contributed by atoms with Crippen LogP contribution in [0.1, 0.15) is 0 Å². The van der Waals surface area contributed by atoms with Gasteiger partial charge in [0, 0.05) is 24.7 Å². The molecule has 0 bridgehead atoms. The molecule has 1 N–H and O–H groups in total. The van der Waals surface area contributed by atoms with Crippen molar-refractivity contribution in [1.29, 1.82) is 0 Å². The molecule has 0 aliphatic carbocycles. The molecule has 0 fully saturated rings. The summed E-state index contributed by atoms with van der Waals surface area (Å²) in [6.07, 6.45) is 5.18. The van der Waals surface area contributed by atoms with Gasteiger partial charge in [0.2, 0.25) is 0 Å². The third-order valence-electron chi connectivity index (χ3n) is 1.83. The number of carbonyl (C=O) groups is 1. The van der Waals surface area contributed by atoms with Gasteiger partial charge in [-0.2, -0.15) is 0 Å². The first-order chi connectivity index (χ1) is 7.65. The predicted octanol–water partition coefficient (Wildman–Crippen LogP) is 2.51. The Bertz CT molecular complexity index is 410. The van der Waals surface area contributed by atoms with E-state index in [4.69, 9.17) is 6.42 Å². The minimum atomic E-state index is -0.00467. The number of nitrogens with one attached hydrogen (secondary N) is 1. The topological polar surface area (TPSA) is 32.3 Å². The molecule has 0 aliphatic rings. The molecule has 1 aromatic carbocycles. The summed E-state index contributed by atoms with van der Waals surface area (Å²) in [5, 5.41) is 3.07. The van der Waals surface area contributed by atoms with Crippen LogP contribution in [0.15, 0.2) is 29.2 Å². The van der Waals surface area contributed by atoms with Gasteiger partial charge in [-0.15, -0.1) is 6.42 Å². The Kier molecular flexibility index (Phi) is 4.74. The van der Waals surface area contributed by atoms with Crippen molar-refractivity contribution in [3.63, 3.8) is 0 Å². The van der Waals surface area contributed by atoms with Crippen LogP contribution in [0.2, 0.25) is 0 Å². The summed E-state index contributed by atoms with van der Waals surface area (Å²) < 4.78 is 0. The Morgan fingerprint density at radius 1 is 1.50 bits per heavy atom. The molecule has 0 unspecified atom stereocenters. The highest BCUT2D eigenvalue weighted by Gasteiger charge is 2.09. The fourth-order valence-electron chi connectivity index (χ4n) is 1.03. The second-order valence-electron chi connectivity index (χ2n) is 3.32. The van der Waals surface area contributed by atoms with Gasteiger partial charge in [0.25, 0.3) is 5.24 Å². The number of hydrogen-bond donors (Lipinski definition) is 1. The van der Waals surface area contributed by atoms with Gasteiger partial charge in [-0.1, -0.05) is 18.1 Å². The van der Waals surface area contributed by atoms with Crippen LogP contribution in [-0.4, -0.2) is 30.8 Å². The lowest BCUT2D eigenvalue weighted by Crippen LogP contribution is -2.16. The maximum Gasteiger partial charge on any atom is 0.286 e. The molecule has 84 valence electrons. The number of amides is 1. The van der Waals surface area contributed by atoms with Crippen LogP contribution >= 0.6 is 11.8 Å². The SMILES string of the molecule is C#CCNc1ccccc1SC(=O)N(C)C. The van der Waals surface area contributed by atoms with Gasteiger partial charge in [-0.25, -0.2) is 0 Å². The van der Waals surface area contributed by atoms with E-state index in [1.165, 1.54) is 11.8 Å². The van der Waals surface area contributed by atoms with E-state index in [2.05, 4.69) is 11.2 Å². The molecular formula is C12H14N2OS. The fourth-order valence-corrected chi connectivity index (χ4v) is 1.80. The molecule has 0 saturated heterocycles. The van der Waals surface area contributed by atoms with E-state index in [1.54, 1.807) is 19.0 Å². The highest BCUT2D eigenvalue weighted by atomic mass is 32.2. The lowest BCUT2D eigenvalue weighted by atomic mass is 10.3. The van der Waals surface area contributed by atoms with E-state index in [-0.39, 0.29) is 5.24 Å². The number of carbonyl (C=O) groups excluding carboxylic acids is 1. The average Bonchev–Trinajstić information content (AvgIpc) is 2.27. The molecule has 1 rings (SSSR count). The quantitative estimate of drug-likeness (QED) is 0.644. The van der Waals surface area contributed by atoms with E-state index >= 15 is 0 Å². The number of nitrogens with zero attached hydrogens (tertiary/aromatic N) is 1. The van der Waals surface area contributed by atoms with Crippen molar-refractivity contribution in [3.8, 4) is 12.3 Å². The summed E-state index contributed by atoms with van der Waals surface area (Å²) in [4.78, 5) is 14.0. The summed E-state index contributed by atoms with van der Waals surface area (Å²) >= 11 is 1.18. The van der Waals surface area contributed by atoms with Crippen LogP contribution in [0.3, 0.4) is 0 Å². The van der Waals surface area contributed by atoms with Crippen molar-refractivity contribution in [2.45, 2.75) is 4.90 Å². The van der Waals surface area contributed by atoms with Gasteiger partial charge in [-0.05, 0) is 23.9 Å². The minimum absolute atomic E-state index is 0.00467. The first-order valence-corrected chi connectivity index (χ1v) is 5.62. The Labute approximate surface area is 100 Å². The number of hydrogen-bond acceptors (Lipinski definition) is 3. The van der Waals surface area contributed by atoms with E-state index < -0.39 is 0 Å². The highest BCUT2D eigenvalue weighted by Crippen LogP contribution is 2.28. The molecule has 3 nitrogen and oxygen atoms in total. The van der Waals surface area contributed by atoms with E-state index in [1.807, 2.05) is 24.3 Å². The van der Waals surface area contributed by atoms with Crippen molar-refractivity contribution in [2.75, 3.05) is 26.0 Å². The molecule has 1 aromatic rings. The van der Waals surface area contributed by atoms with E-state index in [0.29, 0.717) is 6.54 Å². The minimum Gasteiger partial charge on any atom is -0.373 e. The number of rotatable bonds is 3. The predicted molar refractivity (Wildman–Crippen MR) is 68.7 cm³/mol. The Balaban J connectivity index is 2.79. The molecule has 0 saturated carbocycles. The Hall–Kier alpha value is -1.60. The van der Waals surface area contributed by atoms with Gasteiger partial charge in [0.05, 0.1) is 6.54 Å². The van der Waals surface area contributed by atoms with Gasteiger partial charge in [0.15, 0.2) is 0 Å². The van der Waals surface area contributed by atoms with Crippen LogP contribution in [-0.2, 0) is 0 Å². The van der Waals surface area contributed by atoms with Crippen molar-refractivity contribution in [3.05, 3.63) is 24.3 Å².